The molecule has 1 aliphatic rings. The molecule has 1 rings (SSSR count). The Hall–Kier alpha value is -0.830. The van der Waals surface area contributed by atoms with Crippen LogP contribution in [0.4, 0.5) is 0 Å². The van der Waals surface area contributed by atoms with Crippen LogP contribution in [0.3, 0.4) is 0 Å². The largest absolute Gasteiger partial charge is 0.478 e. The maximum absolute atomic E-state index is 10.2. The third kappa shape index (κ3) is 2.72. The van der Waals surface area contributed by atoms with Gasteiger partial charge in [0.25, 0.3) is 0 Å². The quantitative estimate of drug-likeness (QED) is 0.553. The van der Waals surface area contributed by atoms with Gasteiger partial charge in [-0.05, 0) is 25.7 Å². The fourth-order valence-electron chi connectivity index (χ4n) is 1.33. The molecule has 0 aromatic carbocycles. The Balaban J connectivity index is 2.45. The van der Waals surface area contributed by atoms with Crippen LogP contribution in [0.5, 0.6) is 0 Å². The Morgan fingerprint density at radius 2 is 2.09 bits per heavy atom. The van der Waals surface area contributed by atoms with Crippen molar-refractivity contribution in [2.24, 2.45) is 5.73 Å². The van der Waals surface area contributed by atoms with Gasteiger partial charge in [-0.2, -0.15) is 0 Å². The maximum Gasteiger partial charge on any atom is 0.328 e. The Morgan fingerprint density at radius 3 is 2.55 bits per heavy atom. The fourth-order valence-corrected chi connectivity index (χ4v) is 1.33. The number of hydrogen-bond donors (Lipinski definition) is 2. The van der Waals surface area contributed by atoms with Crippen LogP contribution in [0.15, 0.2) is 11.6 Å². The highest BCUT2D eigenvalue weighted by Crippen LogP contribution is 2.21. The van der Waals surface area contributed by atoms with Gasteiger partial charge in [0.2, 0.25) is 0 Å². The van der Waals surface area contributed by atoms with Crippen LogP contribution < -0.4 is 5.73 Å². The van der Waals surface area contributed by atoms with Gasteiger partial charge in [-0.3, -0.25) is 0 Å². The summed E-state index contributed by atoms with van der Waals surface area (Å²) in [4.78, 5) is 10.2. The molecular formula is C8H13NO2. The van der Waals surface area contributed by atoms with E-state index >= 15 is 0 Å². The molecule has 0 saturated heterocycles. The maximum atomic E-state index is 10.2. The SMILES string of the molecule is NC1CCC(=CC(=O)O)CC1. The molecule has 0 radical (unpaired) electrons. The molecule has 1 aliphatic carbocycles. The Labute approximate surface area is 65.9 Å². The molecule has 3 nitrogen and oxygen atoms in total. The minimum absolute atomic E-state index is 0.279. The number of carboxylic acids is 1. The van der Waals surface area contributed by atoms with Crippen molar-refractivity contribution in [2.75, 3.05) is 0 Å². The van der Waals surface area contributed by atoms with Gasteiger partial charge in [0, 0.05) is 12.1 Å². The summed E-state index contributed by atoms with van der Waals surface area (Å²) in [7, 11) is 0. The van der Waals surface area contributed by atoms with Crippen LogP contribution in [-0.4, -0.2) is 17.1 Å². The van der Waals surface area contributed by atoms with E-state index in [1.807, 2.05) is 0 Å². The van der Waals surface area contributed by atoms with Crippen LogP contribution >= 0.6 is 0 Å². The lowest BCUT2D eigenvalue weighted by Crippen LogP contribution is -2.23. The van der Waals surface area contributed by atoms with Gasteiger partial charge in [-0.15, -0.1) is 0 Å². The molecule has 3 N–H and O–H groups in total. The zero-order chi connectivity index (χ0) is 8.27. The minimum Gasteiger partial charge on any atom is -0.478 e. The molecule has 0 aliphatic heterocycles. The lowest BCUT2D eigenvalue weighted by molar-refractivity contribution is -0.131. The van der Waals surface area contributed by atoms with Crippen molar-refractivity contribution >= 4 is 5.97 Å². The molecule has 0 heterocycles. The van der Waals surface area contributed by atoms with Gasteiger partial charge in [-0.1, -0.05) is 5.57 Å². The Bertz CT molecular complexity index is 177. The molecule has 0 spiro atoms. The van der Waals surface area contributed by atoms with Crippen molar-refractivity contribution in [3.63, 3.8) is 0 Å². The predicted octanol–water partition coefficient (Wildman–Crippen LogP) is 0.899. The first-order chi connectivity index (χ1) is 5.18. The van der Waals surface area contributed by atoms with Crippen LogP contribution in [0.2, 0.25) is 0 Å². The van der Waals surface area contributed by atoms with Crippen molar-refractivity contribution in [1.82, 2.24) is 0 Å². The van der Waals surface area contributed by atoms with Gasteiger partial charge in [-0.25, -0.2) is 4.79 Å². The molecule has 1 saturated carbocycles. The first kappa shape index (κ1) is 8.27. The highest BCUT2D eigenvalue weighted by atomic mass is 16.4. The summed E-state index contributed by atoms with van der Waals surface area (Å²) in [5.74, 6) is -0.838. The van der Waals surface area contributed by atoms with Gasteiger partial charge in [0.1, 0.15) is 0 Å². The van der Waals surface area contributed by atoms with Crippen molar-refractivity contribution in [3.8, 4) is 0 Å². The van der Waals surface area contributed by atoms with Crippen LogP contribution in [0.1, 0.15) is 25.7 Å². The molecule has 0 aromatic heterocycles. The molecule has 11 heavy (non-hydrogen) atoms. The smallest absolute Gasteiger partial charge is 0.328 e. The molecule has 0 amide bonds. The molecule has 0 aromatic rings. The molecule has 1 fully saturated rings. The van der Waals surface area contributed by atoms with Crippen molar-refractivity contribution in [3.05, 3.63) is 11.6 Å². The third-order valence-corrected chi connectivity index (χ3v) is 2.00. The summed E-state index contributed by atoms with van der Waals surface area (Å²) in [5.41, 5.74) is 6.68. The number of hydrogen-bond acceptors (Lipinski definition) is 2. The van der Waals surface area contributed by atoms with E-state index in [4.69, 9.17) is 10.8 Å². The number of carboxylic acid groups (broad SMARTS) is 1. The van der Waals surface area contributed by atoms with Crippen LogP contribution in [0.25, 0.3) is 0 Å². The first-order valence-corrected chi connectivity index (χ1v) is 3.86. The van der Waals surface area contributed by atoms with Gasteiger partial charge in [0.15, 0.2) is 0 Å². The zero-order valence-electron chi connectivity index (χ0n) is 6.42. The van der Waals surface area contributed by atoms with Gasteiger partial charge >= 0.3 is 5.97 Å². The van der Waals surface area contributed by atoms with Crippen LogP contribution in [-0.2, 0) is 4.79 Å². The molecule has 0 atom stereocenters. The number of nitrogens with two attached hydrogens (primary N) is 1. The first-order valence-electron chi connectivity index (χ1n) is 3.86. The van der Waals surface area contributed by atoms with Crippen molar-refractivity contribution in [1.29, 1.82) is 0 Å². The van der Waals surface area contributed by atoms with E-state index in [2.05, 4.69) is 0 Å². The number of rotatable bonds is 1. The number of carbonyl (C=O) groups is 1. The molecule has 0 unspecified atom stereocenters. The van der Waals surface area contributed by atoms with E-state index in [0.29, 0.717) is 0 Å². The highest BCUT2D eigenvalue weighted by Gasteiger charge is 2.12. The summed E-state index contributed by atoms with van der Waals surface area (Å²) in [6.45, 7) is 0. The topological polar surface area (TPSA) is 63.3 Å². The third-order valence-electron chi connectivity index (χ3n) is 2.00. The molecule has 0 bridgehead atoms. The average molecular weight is 155 g/mol. The van der Waals surface area contributed by atoms with E-state index in [1.54, 1.807) is 0 Å². The van der Waals surface area contributed by atoms with Crippen molar-refractivity contribution < 1.29 is 9.90 Å². The van der Waals surface area contributed by atoms with E-state index < -0.39 is 5.97 Å². The Morgan fingerprint density at radius 1 is 1.55 bits per heavy atom. The van der Waals surface area contributed by atoms with Gasteiger partial charge in [0.05, 0.1) is 0 Å². The molecule has 3 heteroatoms. The number of allylic oxidation sites excluding steroid dienone is 1. The summed E-state index contributed by atoms with van der Waals surface area (Å²) in [6.07, 6.45) is 4.88. The zero-order valence-corrected chi connectivity index (χ0v) is 6.42. The Kier molecular flexibility index (Phi) is 2.65. The second-order valence-corrected chi connectivity index (χ2v) is 2.98. The second kappa shape index (κ2) is 3.53. The monoisotopic (exact) mass is 155 g/mol. The number of aliphatic carboxylic acids is 1. The summed E-state index contributed by atoms with van der Waals surface area (Å²) < 4.78 is 0. The van der Waals surface area contributed by atoms with E-state index in [0.717, 1.165) is 31.3 Å². The van der Waals surface area contributed by atoms with E-state index in [-0.39, 0.29) is 6.04 Å². The lowest BCUT2D eigenvalue weighted by Gasteiger charge is -2.19. The fraction of sp³-hybridized carbons (Fsp3) is 0.625. The molecular weight excluding hydrogens is 142 g/mol. The lowest BCUT2D eigenvalue weighted by atomic mass is 9.91. The highest BCUT2D eigenvalue weighted by molar-refractivity contribution is 5.80. The van der Waals surface area contributed by atoms with E-state index in [1.165, 1.54) is 6.08 Å². The molecule has 62 valence electrons. The predicted molar refractivity (Wildman–Crippen MR) is 42.2 cm³/mol. The van der Waals surface area contributed by atoms with E-state index in [9.17, 15) is 4.79 Å². The summed E-state index contributed by atoms with van der Waals surface area (Å²) in [6, 6.07) is 0.279. The van der Waals surface area contributed by atoms with Gasteiger partial charge < -0.3 is 10.8 Å². The van der Waals surface area contributed by atoms with Crippen LogP contribution in [0, 0.1) is 0 Å². The summed E-state index contributed by atoms with van der Waals surface area (Å²) in [5, 5.41) is 8.42. The summed E-state index contributed by atoms with van der Waals surface area (Å²) >= 11 is 0. The minimum atomic E-state index is -0.838. The second-order valence-electron chi connectivity index (χ2n) is 2.98. The standard InChI is InChI=1S/C8H13NO2/c9-7-3-1-6(2-4-7)5-8(10)11/h5,7H,1-4,9H2,(H,10,11). The normalized spacial score (nSPS) is 24.8. The van der Waals surface area contributed by atoms with Crippen molar-refractivity contribution in [2.45, 2.75) is 31.7 Å². The average Bonchev–Trinajstić information content (AvgIpc) is 1.93.